The first-order valence-electron chi connectivity index (χ1n) is 6.56. The van der Waals surface area contributed by atoms with Crippen LogP contribution >= 0.6 is 15.9 Å². The third kappa shape index (κ3) is 2.71. The van der Waals surface area contributed by atoms with Crippen molar-refractivity contribution in [3.05, 3.63) is 28.2 Å². The van der Waals surface area contributed by atoms with Gasteiger partial charge in [-0.25, -0.2) is 0 Å². The highest BCUT2D eigenvalue weighted by molar-refractivity contribution is 9.10. The van der Waals surface area contributed by atoms with Crippen molar-refractivity contribution in [2.45, 2.75) is 38.0 Å². The minimum Gasteiger partial charge on any atom is -0.507 e. The van der Waals surface area contributed by atoms with Crippen LogP contribution in [0.2, 0.25) is 0 Å². The van der Waals surface area contributed by atoms with Gasteiger partial charge in [0, 0.05) is 19.2 Å². The van der Waals surface area contributed by atoms with E-state index in [4.69, 9.17) is 4.74 Å². The van der Waals surface area contributed by atoms with E-state index in [1.54, 1.807) is 6.07 Å². The SMILES string of the molecule is Oc1ccc(CNC2CCOC2C2CC2)cc1Br. The van der Waals surface area contributed by atoms with Gasteiger partial charge in [-0.3, -0.25) is 0 Å². The molecule has 0 bridgehead atoms. The molecule has 1 heterocycles. The van der Waals surface area contributed by atoms with Crippen molar-refractivity contribution in [2.75, 3.05) is 6.61 Å². The molecule has 0 aromatic heterocycles. The van der Waals surface area contributed by atoms with Crippen molar-refractivity contribution >= 4 is 15.9 Å². The molecular weight excluding hydrogens is 294 g/mol. The van der Waals surface area contributed by atoms with Crippen molar-refractivity contribution in [1.82, 2.24) is 5.32 Å². The van der Waals surface area contributed by atoms with Gasteiger partial charge in [0.25, 0.3) is 0 Å². The lowest BCUT2D eigenvalue weighted by atomic mass is 10.1. The van der Waals surface area contributed by atoms with Crippen LogP contribution in [0.3, 0.4) is 0 Å². The van der Waals surface area contributed by atoms with E-state index in [-0.39, 0.29) is 0 Å². The number of nitrogens with one attached hydrogen (secondary N) is 1. The third-order valence-corrected chi connectivity index (χ3v) is 4.44. The Kier molecular flexibility index (Phi) is 3.59. The highest BCUT2D eigenvalue weighted by Crippen LogP contribution is 2.38. The summed E-state index contributed by atoms with van der Waals surface area (Å²) in [6.45, 7) is 1.72. The van der Waals surface area contributed by atoms with Gasteiger partial charge in [0.05, 0.1) is 10.6 Å². The lowest BCUT2D eigenvalue weighted by Crippen LogP contribution is -2.37. The van der Waals surface area contributed by atoms with E-state index < -0.39 is 0 Å². The van der Waals surface area contributed by atoms with E-state index in [1.807, 2.05) is 12.1 Å². The summed E-state index contributed by atoms with van der Waals surface area (Å²) in [7, 11) is 0. The minimum absolute atomic E-state index is 0.291. The maximum atomic E-state index is 9.46. The topological polar surface area (TPSA) is 41.5 Å². The lowest BCUT2D eigenvalue weighted by Gasteiger charge is -2.19. The Balaban J connectivity index is 1.58. The van der Waals surface area contributed by atoms with Gasteiger partial charge in [0.15, 0.2) is 0 Å². The second-order valence-electron chi connectivity index (χ2n) is 5.23. The summed E-state index contributed by atoms with van der Waals surface area (Å²) in [5.41, 5.74) is 1.18. The molecular formula is C14H18BrNO2. The summed E-state index contributed by atoms with van der Waals surface area (Å²) >= 11 is 3.34. The van der Waals surface area contributed by atoms with Crippen LogP contribution in [0.15, 0.2) is 22.7 Å². The van der Waals surface area contributed by atoms with Crippen LogP contribution in [0.4, 0.5) is 0 Å². The average molecular weight is 312 g/mol. The second-order valence-corrected chi connectivity index (χ2v) is 6.09. The first-order chi connectivity index (χ1) is 8.74. The van der Waals surface area contributed by atoms with Gasteiger partial charge in [-0.2, -0.15) is 0 Å². The van der Waals surface area contributed by atoms with Crippen molar-refractivity contribution < 1.29 is 9.84 Å². The average Bonchev–Trinajstić information content (AvgIpc) is 3.10. The molecule has 3 nitrogen and oxygen atoms in total. The van der Waals surface area contributed by atoms with Gasteiger partial charge in [-0.05, 0) is 58.8 Å². The first kappa shape index (κ1) is 12.5. The quantitative estimate of drug-likeness (QED) is 0.898. The number of rotatable bonds is 4. The predicted octanol–water partition coefficient (Wildman–Crippen LogP) is 2.81. The number of ether oxygens (including phenoxy) is 1. The number of benzene rings is 1. The normalized spacial score (nSPS) is 27.6. The molecule has 2 unspecified atom stereocenters. The maximum Gasteiger partial charge on any atom is 0.129 e. The summed E-state index contributed by atoms with van der Waals surface area (Å²) in [5.74, 6) is 1.08. The number of aromatic hydroxyl groups is 1. The van der Waals surface area contributed by atoms with Crippen molar-refractivity contribution in [3.63, 3.8) is 0 Å². The van der Waals surface area contributed by atoms with Crippen LogP contribution in [0.1, 0.15) is 24.8 Å². The molecule has 0 radical (unpaired) electrons. The van der Waals surface area contributed by atoms with E-state index >= 15 is 0 Å². The second kappa shape index (κ2) is 5.19. The van der Waals surface area contributed by atoms with Crippen LogP contribution in [0.25, 0.3) is 0 Å². The Bertz CT molecular complexity index is 434. The van der Waals surface area contributed by atoms with E-state index in [2.05, 4.69) is 21.2 Å². The molecule has 1 aromatic rings. The lowest BCUT2D eigenvalue weighted by molar-refractivity contribution is 0.0809. The van der Waals surface area contributed by atoms with Gasteiger partial charge < -0.3 is 15.2 Å². The smallest absolute Gasteiger partial charge is 0.129 e. The number of phenolic OH excluding ortho intramolecular Hbond substituents is 1. The van der Waals surface area contributed by atoms with Gasteiger partial charge >= 0.3 is 0 Å². The van der Waals surface area contributed by atoms with Gasteiger partial charge in [-0.1, -0.05) is 6.07 Å². The van der Waals surface area contributed by atoms with Crippen LogP contribution < -0.4 is 5.32 Å². The van der Waals surface area contributed by atoms with Crippen molar-refractivity contribution in [2.24, 2.45) is 5.92 Å². The van der Waals surface area contributed by atoms with Crippen molar-refractivity contribution in [1.29, 1.82) is 0 Å². The fourth-order valence-electron chi connectivity index (χ4n) is 2.63. The zero-order chi connectivity index (χ0) is 12.5. The summed E-state index contributed by atoms with van der Waals surface area (Å²) in [6, 6.07) is 6.13. The van der Waals surface area contributed by atoms with Crippen molar-refractivity contribution in [3.8, 4) is 5.75 Å². The number of hydrogen-bond acceptors (Lipinski definition) is 3. The van der Waals surface area contributed by atoms with Crippen LogP contribution in [-0.2, 0) is 11.3 Å². The Morgan fingerprint density at radius 3 is 2.89 bits per heavy atom. The Labute approximate surface area is 116 Å². The molecule has 1 aliphatic carbocycles. The Morgan fingerprint density at radius 2 is 2.17 bits per heavy atom. The molecule has 2 atom stereocenters. The number of phenols is 1. The number of halogens is 1. The molecule has 0 spiro atoms. The largest absolute Gasteiger partial charge is 0.507 e. The Hall–Kier alpha value is -0.580. The van der Waals surface area contributed by atoms with Crippen LogP contribution in [-0.4, -0.2) is 23.9 Å². The molecule has 3 rings (SSSR count). The summed E-state index contributed by atoms with van der Waals surface area (Å²) in [6.07, 6.45) is 4.19. The molecule has 1 aliphatic heterocycles. The zero-order valence-corrected chi connectivity index (χ0v) is 11.8. The summed E-state index contributed by atoms with van der Waals surface area (Å²) in [5, 5.41) is 13.0. The molecule has 2 fully saturated rings. The minimum atomic E-state index is 0.291. The van der Waals surface area contributed by atoms with Gasteiger partial charge in [0.2, 0.25) is 0 Å². The molecule has 18 heavy (non-hydrogen) atoms. The first-order valence-corrected chi connectivity index (χ1v) is 7.36. The number of hydrogen-bond donors (Lipinski definition) is 2. The molecule has 0 amide bonds. The third-order valence-electron chi connectivity index (χ3n) is 3.80. The fraction of sp³-hybridized carbons (Fsp3) is 0.571. The summed E-state index contributed by atoms with van der Waals surface area (Å²) < 4.78 is 6.56. The fourth-order valence-corrected chi connectivity index (χ4v) is 3.05. The molecule has 98 valence electrons. The maximum absolute atomic E-state index is 9.46. The molecule has 1 saturated heterocycles. The highest BCUT2D eigenvalue weighted by Gasteiger charge is 2.40. The van der Waals surface area contributed by atoms with Gasteiger partial charge in [-0.15, -0.1) is 0 Å². The molecule has 4 heteroatoms. The van der Waals surface area contributed by atoms with Gasteiger partial charge in [0.1, 0.15) is 5.75 Å². The van der Waals surface area contributed by atoms with Crippen LogP contribution in [0, 0.1) is 5.92 Å². The summed E-state index contributed by atoms with van der Waals surface area (Å²) in [4.78, 5) is 0. The standard InChI is InChI=1S/C14H18BrNO2/c15-11-7-9(1-4-13(11)17)8-16-12-5-6-18-14(12)10-2-3-10/h1,4,7,10,12,14,16-17H,2-3,5-6,8H2. The monoisotopic (exact) mass is 311 g/mol. The van der Waals surface area contributed by atoms with Crippen LogP contribution in [0.5, 0.6) is 5.75 Å². The van der Waals surface area contributed by atoms with E-state index in [0.717, 1.165) is 30.0 Å². The molecule has 1 saturated carbocycles. The zero-order valence-electron chi connectivity index (χ0n) is 10.2. The molecule has 2 N–H and O–H groups in total. The Morgan fingerprint density at radius 1 is 1.33 bits per heavy atom. The van der Waals surface area contributed by atoms with E-state index in [1.165, 1.54) is 18.4 Å². The molecule has 2 aliphatic rings. The van der Waals surface area contributed by atoms with E-state index in [9.17, 15) is 5.11 Å². The molecule has 1 aromatic carbocycles. The van der Waals surface area contributed by atoms with E-state index in [0.29, 0.717) is 17.9 Å². The predicted molar refractivity (Wildman–Crippen MR) is 73.5 cm³/mol. The highest BCUT2D eigenvalue weighted by atomic mass is 79.9.